The molecule has 0 saturated carbocycles. The Morgan fingerprint density at radius 2 is 1.90 bits per heavy atom. The van der Waals surface area contributed by atoms with Gasteiger partial charge < -0.3 is 10.1 Å². The minimum atomic E-state index is -0.334. The van der Waals surface area contributed by atoms with Gasteiger partial charge in [0.1, 0.15) is 18.2 Å². The van der Waals surface area contributed by atoms with Gasteiger partial charge in [0.2, 0.25) is 5.91 Å². The highest BCUT2D eigenvalue weighted by atomic mass is 19.1. The Hall–Kier alpha value is -2.36. The van der Waals surface area contributed by atoms with E-state index in [-0.39, 0.29) is 11.7 Å². The highest BCUT2D eigenvalue weighted by Gasteiger charge is 2.02. The van der Waals surface area contributed by atoms with Crippen LogP contribution in [0.1, 0.15) is 12.0 Å². The van der Waals surface area contributed by atoms with Gasteiger partial charge in [0.05, 0.1) is 6.54 Å². The Balaban J connectivity index is 1.61. The van der Waals surface area contributed by atoms with E-state index < -0.39 is 0 Å². The van der Waals surface area contributed by atoms with Gasteiger partial charge in [0, 0.05) is 12.5 Å². The molecule has 0 heterocycles. The first-order valence-electron chi connectivity index (χ1n) is 6.93. The van der Waals surface area contributed by atoms with Crippen LogP contribution in [-0.4, -0.2) is 19.1 Å². The van der Waals surface area contributed by atoms with Crippen LogP contribution in [-0.2, 0) is 11.2 Å². The van der Waals surface area contributed by atoms with Gasteiger partial charge in [-0.3, -0.25) is 4.79 Å². The first kappa shape index (κ1) is 15.0. The van der Waals surface area contributed by atoms with Gasteiger partial charge in [-0.2, -0.15) is 0 Å². The van der Waals surface area contributed by atoms with E-state index in [9.17, 15) is 9.18 Å². The van der Waals surface area contributed by atoms with Crippen LogP contribution in [0.4, 0.5) is 4.39 Å². The zero-order valence-electron chi connectivity index (χ0n) is 11.7. The van der Waals surface area contributed by atoms with Crippen LogP contribution in [0.2, 0.25) is 0 Å². The molecule has 0 fully saturated rings. The number of carbonyl (C=O) groups excluding carboxylic acids is 1. The van der Waals surface area contributed by atoms with Gasteiger partial charge in [-0.25, -0.2) is 4.39 Å². The van der Waals surface area contributed by atoms with Crippen molar-refractivity contribution in [3.05, 3.63) is 66.0 Å². The molecule has 0 radical (unpaired) electrons. The van der Waals surface area contributed by atoms with Crippen LogP contribution in [0.25, 0.3) is 0 Å². The van der Waals surface area contributed by atoms with Gasteiger partial charge in [-0.15, -0.1) is 0 Å². The summed E-state index contributed by atoms with van der Waals surface area (Å²) in [6, 6.07) is 15.8. The fraction of sp³-hybridized carbons (Fsp3) is 0.235. The Labute approximate surface area is 123 Å². The van der Waals surface area contributed by atoms with E-state index in [1.807, 2.05) is 30.3 Å². The van der Waals surface area contributed by atoms with Crippen molar-refractivity contribution >= 4 is 5.91 Å². The molecule has 0 spiro atoms. The first-order chi connectivity index (χ1) is 10.2. The quantitative estimate of drug-likeness (QED) is 0.795. The van der Waals surface area contributed by atoms with E-state index in [2.05, 4.69) is 5.32 Å². The number of carbonyl (C=O) groups is 1. The molecule has 0 aromatic heterocycles. The molecule has 0 atom stereocenters. The number of rotatable bonds is 7. The van der Waals surface area contributed by atoms with Crippen molar-refractivity contribution in [1.82, 2.24) is 5.32 Å². The molecule has 0 aliphatic rings. The van der Waals surface area contributed by atoms with E-state index in [0.717, 1.165) is 12.0 Å². The maximum atomic E-state index is 12.9. The maximum Gasteiger partial charge on any atom is 0.220 e. The molecule has 2 aromatic carbocycles. The molecule has 1 amide bonds. The molecule has 21 heavy (non-hydrogen) atoms. The highest BCUT2D eigenvalue weighted by molar-refractivity contribution is 5.76. The Kier molecular flexibility index (Phi) is 5.76. The van der Waals surface area contributed by atoms with Crippen molar-refractivity contribution in [3.8, 4) is 5.75 Å². The molecule has 2 rings (SSSR count). The van der Waals surface area contributed by atoms with Crippen LogP contribution in [0.15, 0.2) is 54.6 Å². The highest BCUT2D eigenvalue weighted by Crippen LogP contribution is 2.11. The maximum absolute atomic E-state index is 12.9. The molecule has 0 saturated heterocycles. The molecule has 4 heteroatoms. The lowest BCUT2D eigenvalue weighted by Gasteiger charge is -2.08. The summed E-state index contributed by atoms with van der Waals surface area (Å²) in [4.78, 5) is 11.7. The lowest BCUT2D eigenvalue weighted by molar-refractivity contribution is -0.121. The smallest absolute Gasteiger partial charge is 0.220 e. The van der Waals surface area contributed by atoms with Crippen LogP contribution in [0.5, 0.6) is 5.75 Å². The molecule has 0 aliphatic carbocycles. The zero-order chi connectivity index (χ0) is 14.9. The van der Waals surface area contributed by atoms with Gasteiger partial charge in [0.15, 0.2) is 0 Å². The fourth-order valence-electron chi connectivity index (χ4n) is 1.91. The van der Waals surface area contributed by atoms with Gasteiger partial charge in [-0.05, 0) is 24.1 Å². The normalized spacial score (nSPS) is 10.1. The zero-order valence-corrected chi connectivity index (χ0v) is 11.7. The van der Waals surface area contributed by atoms with Crippen LogP contribution >= 0.6 is 0 Å². The lowest BCUT2D eigenvalue weighted by Crippen LogP contribution is -2.28. The molecule has 0 bridgehead atoms. The second-order valence-electron chi connectivity index (χ2n) is 4.64. The molecule has 0 unspecified atom stereocenters. The third-order valence-corrected chi connectivity index (χ3v) is 2.97. The molecular weight excluding hydrogens is 269 g/mol. The van der Waals surface area contributed by atoms with Crippen molar-refractivity contribution in [3.63, 3.8) is 0 Å². The standard InChI is InChI=1S/C17H18FNO2/c18-15-7-4-8-16(13-15)21-12-11-19-17(20)10-9-14-5-2-1-3-6-14/h1-8,13H,9-12H2,(H,19,20). The third kappa shape index (κ3) is 5.65. The SMILES string of the molecule is O=C(CCc1ccccc1)NCCOc1cccc(F)c1. The number of nitrogens with one attached hydrogen (secondary N) is 1. The van der Waals surface area contributed by atoms with E-state index in [4.69, 9.17) is 4.74 Å². The predicted molar refractivity (Wildman–Crippen MR) is 79.7 cm³/mol. The van der Waals surface area contributed by atoms with E-state index >= 15 is 0 Å². The second-order valence-corrected chi connectivity index (χ2v) is 4.64. The average molecular weight is 287 g/mol. The Morgan fingerprint density at radius 3 is 2.67 bits per heavy atom. The summed E-state index contributed by atoms with van der Waals surface area (Å²) < 4.78 is 18.3. The largest absolute Gasteiger partial charge is 0.492 e. The number of halogens is 1. The fourth-order valence-corrected chi connectivity index (χ4v) is 1.91. The summed E-state index contributed by atoms with van der Waals surface area (Å²) in [7, 11) is 0. The van der Waals surface area contributed by atoms with E-state index in [0.29, 0.717) is 25.3 Å². The second kappa shape index (κ2) is 8.04. The summed E-state index contributed by atoms with van der Waals surface area (Å²) >= 11 is 0. The Morgan fingerprint density at radius 1 is 1.10 bits per heavy atom. The third-order valence-electron chi connectivity index (χ3n) is 2.97. The predicted octanol–water partition coefficient (Wildman–Crippen LogP) is 2.95. The van der Waals surface area contributed by atoms with Gasteiger partial charge in [0.25, 0.3) is 0 Å². The van der Waals surface area contributed by atoms with Crippen molar-refractivity contribution < 1.29 is 13.9 Å². The summed E-state index contributed by atoms with van der Waals surface area (Å²) in [5.74, 6) is 0.120. The molecule has 1 N–H and O–H groups in total. The van der Waals surface area contributed by atoms with Crippen molar-refractivity contribution in [2.75, 3.05) is 13.2 Å². The average Bonchev–Trinajstić information content (AvgIpc) is 2.51. The number of ether oxygens (including phenoxy) is 1. The lowest BCUT2D eigenvalue weighted by atomic mass is 10.1. The molecule has 2 aromatic rings. The molecule has 0 aliphatic heterocycles. The van der Waals surface area contributed by atoms with Crippen molar-refractivity contribution in [2.24, 2.45) is 0 Å². The van der Waals surface area contributed by atoms with Crippen LogP contribution < -0.4 is 10.1 Å². The summed E-state index contributed by atoms with van der Waals surface area (Å²) in [6.07, 6.45) is 1.17. The molecule has 3 nitrogen and oxygen atoms in total. The number of aryl methyl sites for hydroxylation is 1. The summed E-state index contributed by atoms with van der Waals surface area (Å²) in [5.41, 5.74) is 1.14. The minimum absolute atomic E-state index is 0.0123. The van der Waals surface area contributed by atoms with Crippen molar-refractivity contribution in [2.45, 2.75) is 12.8 Å². The number of hydrogen-bond acceptors (Lipinski definition) is 2. The monoisotopic (exact) mass is 287 g/mol. The van der Waals surface area contributed by atoms with E-state index in [1.165, 1.54) is 12.1 Å². The number of amides is 1. The summed E-state index contributed by atoms with van der Waals surface area (Å²) in [5, 5.41) is 2.78. The summed E-state index contributed by atoms with van der Waals surface area (Å²) in [6.45, 7) is 0.727. The Bertz CT molecular complexity index is 572. The topological polar surface area (TPSA) is 38.3 Å². The van der Waals surface area contributed by atoms with Gasteiger partial charge >= 0.3 is 0 Å². The number of benzene rings is 2. The van der Waals surface area contributed by atoms with Crippen molar-refractivity contribution in [1.29, 1.82) is 0 Å². The van der Waals surface area contributed by atoms with Crippen LogP contribution in [0.3, 0.4) is 0 Å². The number of hydrogen-bond donors (Lipinski definition) is 1. The minimum Gasteiger partial charge on any atom is -0.492 e. The van der Waals surface area contributed by atoms with E-state index in [1.54, 1.807) is 12.1 Å². The molecular formula is C17H18FNO2. The van der Waals surface area contributed by atoms with Gasteiger partial charge in [-0.1, -0.05) is 36.4 Å². The van der Waals surface area contributed by atoms with Crippen LogP contribution in [0, 0.1) is 5.82 Å². The molecule has 110 valence electrons. The first-order valence-corrected chi connectivity index (χ1v) is 6.93.